The van der Waals surface area contributed by atoms with Crippen molar-refractivity contribution < 1.29 is 4.79 Å². The predicted octanol–water partition coefficient (Wildman–Crippen LogP) is 0.662. The Bertz CT molecular complexity index is 954. The number of aromatic nitrogens is 3. The highest BCUT2D eigenvalue weighted by Gasteiger charge is 2.27. The molecule has 1 aliphatic heterocycles. The van der Waals surface area contributed by atoms with E-state index in [9.17, 15) is 14.4 Å². The molecule has 1 fully saturated rings. The average Bonchev–Trinajstić information content (AvgIpc) is 3.14. The molecule has 3 rings (SSSR count). The normalized spacial score (nSPS) is 17.2. The minimum atomic E-state index is -0.571. The number of aryl methyl sites for hydroxylation is 1. The van der Waals surface area contributed by atoms with Gasteiger partial charge in [-0.15, -0.1) is 0 Å². The summed E-state index contributed by atoms with van der Waals surface area (Å²) in [5, 5.41) is 3.42. The van der Waals surface area contributed by atoms with Gasteiger partial charge in [-0.3, -0.25) is 19.1 Å². The molecule has 0 saturated carbocycles. The van der Waals surface area contributed by atoms with Crippen LogP contribution < -0.4 is 16.6 Å². The van der Waals surface area contributed by atoms with Crippen LogP contribution in [0.4, 0.5) is 0 Å². The van der Waals surface area contributed by atoms with Gasteiger partial charge in [-0.25, -0.2) is 9.78 Å². The van der Waals surface area contributed by atoms with E-state index in [-0.39, 0.29) is 28.9 Å². The summed E-state index contributed by atoms with van der Waals surface area (Å²) >= 11 is 0. The molecular weight excluding hydrogens is 334 g/mol. The van der Waals surface area contributed by atoms with Gasteiger partial charge in [-0.1, -0.05) is 13.8 Å². The number of aromatic amines is 1. The Hall–Kier alpha value is -2.48. The van der Waals surface area contributed by atoms with Crippen molar-refractivity contribution in [2.45, 2.75) is 45.7 Å². The minimum absolute atomic E-state index is 0.0594. The molecule has 2 N–H and O–H groups in total. The zero-order chi connectivity index (χ0) is 19.0. The molecule has 0 aliphatic carbocycles. The maximum atomic E-state index is 13.2. The smallest absolute Gasteiger partial charge is 0.329 e. The van der Waals surface area contributed by atoms with Gasteiger partial charge >= 0.3 is 5.69 Å². The molecule has 3 heterocycles. The average molecular weight is 359 g/mol. The number of amides is 1. The third kappa shape index (κ3) is 3.05. The summed E-state index contributed by atoms with van der Waals surface area (Å²) in [5.41, 5.74) is 0.181. The van der Waals surface area contributed by atoms with Crippen LogP contribution in [0.5, 0.6) is 0 Å². The standard InChI is InChI=1S/C18H25N5O3/c1-5-23-15-14(16(24)21-18(23)26)12(8-13(20-15)10(2)3)17(25)22(4)11-6-7-19-9-11/h8,10-11,19H,5-7,9H2,1-4H3,(H,21,24,26). The topological polar surface area (TPSA) is 100 Å². The van der Waals surface area contributed by atoms with Crippen LogP contribution in [-0.4, -0.2) is 51.5 Å². The number of carbonyl (C=O) groups is 1. The Morgan fingerprint density at radius 2 is 2.15 bits per heavy atom. The van der Waals surface area contributed by atoms with E-state index >= 15 is 0 Å². The third-order valence-corrected chi connectivity index (χ3v) is 5.01. The second-order valence-corrected chi connectivity index (χ2v) is 7.01. The van der Waals surface area contributed by atoms with Gasteiger partial charge in [0.15, 0.2) is 5.65 Å². The predicted molar refractivity (Wildman–Crippen MR) is 99.8 cm³/mol. The summed E-state index contributed by atoms with van der Waals surface area (Å²) in [6, 6.07) is 1.78. The van der Waals surface area contributed by atoms with Crippen LogP contribution in [0.1, 0.15) is 49.2 Å². The van der Waals surface area contributed by atoms with Gasteiger partial charge in [0.25, 0.3) is 11.5 Å². The van der Waals surface area contributed by atoms with Crippen LogP contribution in [0.2, 0.25) is 0 Å². The van der Waals surface area contributed by atoms with Gasteiger partial charge in [0, 0.05) is 31.9 Å². The van der Waals surface area contributed by atoms with E-state index in [2.05, 4.69) is 15.3 Å². The van der Waals surface area contributed by atoms with Crippen LogP contribution in [0.25, 0.3) is 11.0 Å². The van der Waals surface area contributed by atoms with Crippen molar-refractivity contribution in [3.05, 3.63) is 38.2 Å². The molecular formula is C18H25N5O3. The minimum Gasteiger partial charge on any atom is -0.337 e. The lowest BCUT2D eigenvalue weighted by atomic mass is 10.0. The largest absolute Gasteiger partial charge is 0.337 e. The fraction of sp³-hybridized carbons (Fsp3) is 0.556. The molecule has 0 bridgehead atoms. The number of hydrogen-bond donors (Lipinski definition) is 2. The molecule has 8 heteroatoms. The van der Waals surface area contributed by atoms with Crippen LogP contribution in [0, 0.1) is 0 Å². The van der Waals surface area contributed by atoms with Crippen molar-refractivity contribution in [1.29, 1.82) is 0 Å². The van der Waals surface area contributed by atoms with Gasteiger partial charge < -0.3 is 10.2 Å². The number of nitrogens with one attached hydrogen (secondary N) is 2. The van der Waals surface area contributed by atoms with E-state index in [1.807, 2.05) is 13.8 Å². The van der Waals surface area contributed by atoms with Gasteiger partial charge in [-0.05, 0) is 31.9 Å². The summed E-state index contributed by atoms with van der Waals surface area (Å²) in [6.07, 6.45) is 0.873. The number of hydrogen-bond acceptors (Lipinski definition) is 5. The highest BCUT2D eigenvalue weighted by atomic mass is 16.2. The zero-order valence-electron chi connectivity index (χ0n) is 15.6. The van der Waals surface area contributed by atoms with Gasteiger partial charge in [0.1, 0.15) is 0 Å². The molecule has 0 spiro atoms. The molecule has 1 unspecified atom stereocenters. The van der Waals surface area contributed by atoms with Crippen molar-refractivity contribution in [3.8, 4) is 0 Å². The van der Waals surface area contributed by atoms with Gasteiger partial charge in [0.2, 0.25) is 0 Å². The Kier molecular flexibility index (Phi) is 4.95. The van der Waals surface area contributed by atoms with E-state index in [0.29, 0.717) is 17.8 Å². The van der Waals surface area contributed by atoms with Crippen LogP contribution >= 0.6 is 0 Å². The second kappa shape index (κ2) is 7.03. The van der Waals surface area contributed by atoms with Crippen LogP contribution in [0.3, 0.4) is 0 Å². The Labute approximate surface area is 151 Å². The SMILES string of the molecule is CCn1c(=O)[nH]c(=O)c2c(C(=O)N(C)C3CCNC3)cc(C(C)C)nc21. The molecule has 2 aromatic rings. The third-order valence-electron chi connectivity index (χ3n) is 5.01. The molecule has 1 amide bonds. The molecule has 1 aliphatic rings. The van der Waals surface area contributed by atoms with Crippen LogP contribution in [0.15, 0.2) is 15.7 Å². The second-order valence-electron chi connectivity index (χ2n) is 7.01. The van der Waals surface area contributed by atoms with E-state index in [0.717, 1.165) is 19.5 Å². The summed E-state index contributed by atoms with van der Waals surface area (Å²) in [5.74, 6) is -0.163. The summed E-state index contributed by atoms with van der Waals surface area (Å²) in [7, 11) is 1.76. The number of fused-ring (bicyclic) bond motifs is 1. The van der Waals surface area contributed by atoms with Gasteiger partial charge in [0.05, 0.1) is 10.9 Å². The number of likely N-dealkylation sites (N-methyl/N-ethyl adjacent to an activating group) is 1. The number of carbonyl (C=O) groups excluding carboxylic acids is 1. The monoisotopic (exact) mass is 359 g/mol. The number of pyridine rings is 1. The first-order valence-corrected chi connectivity index (χ1v) is 9.00. The number of nitrogens with zero attached hydrogens (tertiary/aromatic N) is 3. The summed E-state index contributed by atoms with van der Waals surface area (Å²) in [4.78, 5) is 46.4. The van der Waals surface area contributed by atoms with Crippen molar-refractivity contribution in [1.82, 2.24) is 24.8 Å². The maximum Gasteiger partial charge on any atom is 0.329 e. The van der Waals surface area contributed by atoms with Crippen molar-refractivity contribution >= 4 is 16.9 Å². The lowest BCUT2D eigenvalue weighted by Gasteiger charge is -2.25. The highest BCUT2D eigenvalue weighted by molar-refractivity contribution is 6.05. The lowest BCUT2D eigenvalue weighted by molar-refractivity contribution is 0.0745. The number of H-pyrrole nitrogens is 1. The fourth-order valence-electron chi connectivity index (χ4n) is 3.38. The molecule has 0 aromatic carbocycles. The van der Waals surface area contributed by atoms with Gasteiger partial charge in [-0.2, -0.15) is 0 Å². The zero-order valence-corrected chi connectivity index (χ0v) is 15.6. The molecule has 2 aromatic heterocycles. The van der Waals surface area contributed by atoms with E-state index in [4.69, 9.17) is 0 Å². The molecule has 1 atom stereocenters. The molecule has 26 heavy (non-hydrogen) atoms. The Balaban J connectivity index is 2.27. The molecule has 1 saturated heterocycles. The highest BCUT2D eigenvalue weighted by Crippen LogP contribution is 2.22. The molecule has 140 valence electrons. The van der Waals surface area contributed by atoms with Crippen molar-refractivity contribution in [2.75, 3.05) is 20.1 Å². The van der Waals surface area contributed by atoms with E-state index in [1.54, 1.807) is 24.9 Å². The summed E-state index contributed by atoms with van der Waals surface area (Å²) in [6.45, 7) is 7.70. The molecule has 8 nitrogen and oxygen atoms in total. The fourth-order valence-corrected chi connectivity index (χ4v) is 3.38. The van der Waals surface area contributed by atoms with Crippen molar-refractivity contribution in [3.63, 3.8) is 0 Å². The van der Waals surface area contributed by atoms with Crippen LogP contribution in [-0.2, 0) is 6.54 Å². The maximum absolute atomic E-state index is 13.2. The first-order chi connectivity index (χ1) is 12.3. The Morgan fingerprint density at radius 1 is 1.42 bits per heavy atom. The number of rotatable bonds is 4. The summed E-state index contributed by atoms with van der Waals surface area (Å²) < 4.78 is 1.40. The quantitative estimate of drug-likeness (QED) is 0.835. The van der Waals surface area contributed by atoms with Crippen molar-refractivity contribution in [2.24, 2.45) is 0 Å². The lowest BCUT2D eigenvalue weighted by Crippen LogP contribution is -2.39. The molecule has 0 radical (unpaired) electrons. The first kappa shape index (κ1) is 18.3. The van der Waals surface area contributed by atoms with E-state index in [1.165, 1.54) is 4.57 Å². The van der Waals surface area contributed by atoms with E-state index < -0.39 is 11.2 Å². The first-order valence-electron chi connectivity index (χ1n) is 9.00. The Morgan fingerprint density at radius 3 is 2.73 bits per heavy atom.